The number of pyridine rings is 1. The predicted octanol–water partition coefficient (Wildman–Crippen LogP) is 3.58. The number of anilines is 1. The van der Waals surface area contributed by atoms with Crippen molar-refractivity contribution < 1.29 is 9.13 Å². The molecule has 0 spiro atoms. The molecule has 1 aromatic carbocycles. The fourth-order valence-electron chi connectivity index (χ4n) is 2.37. The van der Waals surface area contributed by atoms with E-state index >= 15 is 0 Å². The molecule has 0 aliphatic carbocycles. The lowest BCUT2D eigenvalue weighted by atomic mass is 10.1. The number of hydrogen-bond acceptors (Lipinski definition) is 4. The Labute approximate surface area is 143 Å². The average Bonchev–Trinajstić information content (AvgIpc) is 2.58. The third-order valence-corrected chi connectivity index (χ3v) is 3.64. The molecule has 1 heterocycles. The van der Waals surface area contributed by atoms with E-state index in [-0.39, 0.29) is 5.82 Å². The molecular formula is C19H26FN3O. The van der Waals surface area contributed by atoms with Gasteiger partial charge >= 0.3 is 0 Å². The summed E-state index contributed by atoms with van der Waals surface area (Å²) in [5.74, 6) is 1.37. The van der Waals surface area contributed by atoms with Crippen molar-refractivity contribution in [3.05, 3.63) is 54.0 Å². The molecular weight excluding hydrogens is 305 g/mol. The molecule has 1 aromatic heterocycles. The van der Waals surface area contributed by atoms with Crippen molar-refractivity contribution in [1.29, 1.82) is 0 Å². The SMILES string of the molecule is CCCOc1ccc(F)cc1CN(CCN(C)C)c1ccccn1. The molecule has 0 radical (unpaired) electrons. The van der Waals surface area contributed by atoms with Crippen molar-refractivity contribution in [3.8, 4) is 5.75 Å². The van der Waals surface area contributed by atoms with Crippen molar-refractivity contribution in [2.45, 2.75) is 19.9 Å². The first-order chi connectivity index (χ1) is 11.6. The quantitative estimate of drug-likeness (QED) is 0.702. The molecule has 0 amide bonds. The van der Waals surface area contributed by atoms with E-state index in [1.54, 1.807) is 18.3 Å². The van der Waals surface area contributed by atoms with Gasteiger partial charge in [-0.3, -0.25) is 0 Å². The van der Waals surface area contributed by atoms with Gasteiger partial charge in [0, 0.05) is 31.4 Å². The van der Waals surface area contributed by atoms with Crippen molar-refractivity contribution in [2.24, 2.45) is 0 Å². The minimum absolute atomic E-state index is 0.248. The third kappa shape index (κ3) is 5.49. The van der Waals surface area contributed by atoms with E-state index in [1.165, 1.54) is 6.07 Å². The van der Waals surface area contributed by atoms with Gasteiger partial charge in [-0.2, -0.15) is 0 Å². The lowest BCUT2D eigenvalue weighted by Crippen LogP contribution is -2.32. The summed E-state index contributed by atoms with van der Waals surface area (Å²) >= 11 is 0. The van der Waals surface area contributed by atoms with Gasteiger partial charge in [0.15, 0.2) is 0 Å². The lowest BCUT2D eigenvalue weighted by molar-refractivity contribution is 0.313. The Morgan fingerprint density at radius 3 is 2.62 bits per heavy atom. The molecule has 4 nitrogen and oxygen atoms in total. The molecule has 0 aliphatic heterocycles. The maximum Gasteiger partial charge on any atom is 0.128 e. The van der Waals surface area contributed by atoms with E-state index in [0.717, 1.165) is 36.6 Å². The van der Waals surface area contributed by atoms with Gasteiger partial charge in [-0.1, -0.05) is 13.0 Å². The number of likely N-dealkylation sites (N-methyl/N-ethyl adjacent to an activating group) is 1. The zero-order valence-electron chi connectivity index (χ0n) is 14.7. The fraction of sp³-hybridized carbons (Fsp3) is 0.421. The highest BCUT2D eigenvalue weighted by Gasteiger charge is 2.13. The molecule has 24 heavy (non-hydrogen) atoms. The van der Waals surface area contributed by atoms with Crippen LogP contribution in [0.2, 0.25) is 0 Å². The molecule has 2 rings (SSSR count). The second-order valence-electron chi connectivity index (χ2n) is 6.01. The minimum atomic E-state index is -0.248. The van der Waals surface area contributed by atoms with Crippen molar-refractivity contribution >= 4 is 5.82 Å². The third-order valence-electron chi connectivity index (χ3n) is 3.64. The zero-order valence-corrected chi connectivity index (χ0v) is 14.7. The molecule has 0 bridgehead atoms. The van der Waals surface area contributed by atoms with Crippen molar-refractivity contribution in [2.75, 3.05) is 38.7 Å². The summed E-state index contributed by atoms with van der Waals surface area (Å²) < 4.78 is 19.5. The number of hydrogen-bond donors (Lipinski definition) is 0. The summed E-state index contributed by atoms with van der Waals surface area (Å²) in [7, 11) is 4.07. The Morgan fingerprint density at radius 2 is 1.96 bits per heavy atom. The van der Waals surface area contributed by atoms with Gasteiger partial charge in [-0.05, 0) is 50.8 Å². The van der Waals surface area contributed by atoms with Gasteiger partial charge in [-0.15, -0.1) is 0 Å². The van der Waals surface area contributed by atoms with E-state index < -0.39 is 0 Å². The molecule has 0 aliphatic rings. The van der Waals surface area contributed by atoms with E-state index in [2.05, 4.69) is 21.7 Å². The van der Waals surface area contributed by atoms with Gasteiger partial charge in [0.2, 0.25) is 0 Å². The van der Waals surface area contributed by atoms with Gasteiger partial charge in [0.05, 0.1) is 6.61 Å². The van der Waals surface area contributed by atoms with E-state index in [4.69, 9.17) is 4.74 Å². The standard InChI is InChI=1S/C19H26FN3O/c1-4-13-24-18-9-8-17(20)14-16(18)15-23(12-11-22(2)3)19-7-5-6-10-21-19/h5-10,14H,4,11-13,15H2,1-3H3. The Morgan fingerprint density at radius 1 is 1.12 bits per heavy atom. The first-order valence-electron chi connectivity index (χ1n) is 8.32. The Kier molecular flexibility index (Phi) is 7.00. The van der Waals surface area contributed by atoms with Crippen LogP contribution in [-0.4, -0.2) is 43.7 Å². The van der Waals surface area contributed by atoms with Crippen LogP contribution in [0.25, 0.3) is 0 Å². The fourth-order valence-corrected chi connectivity index (χ4v) is 2.37. The van der Waals surface area contributed by atoms with Gasteiger partial charge in [0.1, 0.15) is 17.4 Å². The summed E-state index contributed by atoms with van der Waals surface area (Å²) in [5.41, 5.74) is 0.841. The summed E-state index contributed by atoms with van der Waals surface area (Å²) in [6, 6.07) is 10.5. The molecule has 0 unspecified atom stereocenters. The highest BCUT2D eigenvalue weighted by Crippen LogP contribution is 2.24. The molecule has 2 aromatic rings. The normalized spacial score (nSPS) is 10.9. The number of benzene rings is 1. The van der Waals surface area contributed by atoms with Crippen LogP contribution in [0, 0.1) is 5.82 Å². The topological polar surface area (TPSA) is 28.6 Å². The highest BCUT2D eigenvalue weighted by atomic mass is 19.1. The summed E-state index contributed by atoms with van der Waals surface area (Å²) in [5, 5.41) is 0. The van der Waals surface area contributed by atoms with Crippen LogP contribution in [0.1, 0.15) is 18.9 Å². The van der Waals surface area contributed by atoms with E-state index in [1.807, 2.05) is 32.3 Å². The predicted molar refractivity (Wildman–Crippen MR) is 96.0 cm³/mol. The summed E-state index contributed by atoms with van der Waals surface area (Å²) in [6.45, 7) is 4.92. The smallest absolute Gasteiger partial charge is 0.128 e. The molecule has 130 valence electrons. The average molecular weight is 331 g/mol. The maximum atomic E-state index is 13.7. The maximum absolute atomic E-state index is 13.7. The highest BCUT2D eigenvalue weighted by molar-refractivity contribution is 5.42. The van der Waals surface area contributed by atoms with Crippen LogP contribution in [0.5, 0.6) is 5.75 Å². The van der Waals surface area contributed by atoms with E-state index in [0.29, 0.717) is 13.2 Å². The lowest BCUT2D eigenvalue weighted by Gasteiger charge is -2.26. The Hall–Kier alpha value is -2.14. The van der Waals surface area contributed by atoms with Gasteiger partial charge in [0.25, 0.3) is 0 Å². The Bertz CT molecular complexity index is 619. The van der Waals surface area contributed by atoms with Crippen LogP contribution in [0.4, 0.5) is 10.2 Å². The van der Waals surface area contributed by atoms with Crippen molar-refractivity contribution in [1.82, 2.24) is 9.88 Å². The second-order valence-corrected chi connectivity index (χ2v) is 6.01. The number of ether oxygens (including phenoxy) is 1. The first-order valence-corrected chi connectivity index (χ1v) is 8.32. The largest absolute Gasteiger partial charge is 0.493 e. The van der Waals surface area contributed by atoms with Gasteiger partial charge in [-0.25, -0.2) is 9.37 Å². The summed E-state index contributed by atoms with van der Waals surface area (Å²) in [6.07, 6.45) is 2.69. The number of nitrogens with zero attached hydrogens (tertiary/aromatic N) is 3. The van der Waals surface area contributed by atoms with Crippen LogP contribution in [0.3, 0.4) is 0 Å². The Balaban J connectivity index is 2.23. The molecule has 0 saturated heterocycles. The number of rotatable bonds is 9. The number of aromatic nitrogens is 1. The van der Waals surface area contributed by atoms with Crippen LogP contribution in [-0.2, 0) is 6.54 Å². The van der Waals surface area contributed by atoms with Crippen LogP contribution >= 0.6 is 0 Å². The first kappa shape index (κ1) is 18.2. The molecule has 0 N–H and O–H groups in total. The molecule has 5 heteroatoms. The summed E-state index contributed by atoms with van der Waals surface area (Å²) in [4.78, 5) is 8.71. The second kappa shape index (κ2) is 9.23. The van der Waals surface area contributed by atoms with Crippen LogP contribution < -0.4 is 9.64 Å². The molecule has 0 fully saturated rings. The minimum Gasteiger partial charge on any atom is -0.493 e. The molecule has 0 saturated carbocycles. The number of halogens is 1. The van der Waals surface area contributed by atoms with Crippen LogP contribution in [0.15, 0.2) is 42.6 Å². The molecule has 0 atom stereocenters. The zero-order chi connectivity index (χ0) is 17.4. The van der Waals surface area contributed by atoms with Gasteiger partial charge < -0.3 is 14.5 Å². The monoisotopic (exact) mass is 331 g/mol. The van der Waals surface area contributed by atoms with E-state index in [9.17, 15) is 4.39 Å². The van der Waals surface area contributed by atoms with Crippen molar-refractivity contribution in [3.63, 3.8) is 0 Å².